The highest BCUT2D eigenvalue weighted by Crippen LogP contribution is 2.26. The zero-order valence-corrected chi connectivity index (χ0v) is 16.2. The molecule has 1 amide bonds. The van der Waals surface area contributed by atoms with Gasteiger partial charge in [-0.1, -0.05) is 28.1 Å². The number of nitrogens with zero attached hydrogens (tertiary/aromatic N) is 1. The SMILES string of the molecule is Cl.O=C(CNCC1CCCO1)Nc1nc(-c2cccc(Br)c2)cs1. The lowest BCUT2D eigenvalue weighted by atomic mass is 10.2. The fourth-order valence-corrected chi connectivity index (χ4v) is 3.56. The van der Waals surface area contributed by atoms with Crippen LogP contribution in [0.5, 0.6) is 0 Å². The Hall–Kier alpha value is -0.990. The maximum Gasteiger partial charge on any atom is 0.240 e. The van der Waals surface area contributed by atoms with Gasteiger partial charge in [-0.05, 0) is 25.0 Å². The molecule has 0 aliphatic carbocycles. The van der Waals surface area contributed by atoms with E-state index in [-0.39, 0.29) is 31.0 Å². The molecule has 1 aromatic carbocycles. The topological polar surface area (TPSA) is 63.2 Å². The molecule has 3 rings (SSSR count). The number of aromatic nitrogens is 1. The largest absolute Gasteiger partial charge is 0.377 e. The van der Waals surface area contributed by atoms with Crippen molar-refractivity contribution in [2.24, 2.45) is 0 Å². The normalized spacial score (nSPS) is 16.6. The highest BCUT2D eigenvalue weighted by atomic mass is 79.9. The van der Waals surface area contributed by atoms with Crippen LogP contribution in [-0.4, -0.2) is 36.7 Å². The summed E-state index contributed by atoms with van der Waals surface area (Å²) >= 11 is 4.88. The molecule has 0 saturated carbocycles. The number of thiazole rings is 1. The van der Waals surface area contributed by atoms with Crippen LogP contribution in [0.2, 0.25) is 0 Å². The molecule has 0 spiro atoms. The first-order chi connectivity index (χ1) is 11.2. The molecule has 5 nitrogen and oxygen atoms in total. The van der Waals surface area contributed by atoms with E-state index in [0.717, 1.165) is 35.2 Å². The molecule has 1 aromatic heterocycles. The molecule has 1 aliphatic heterocycles. The van der Waals surface area contributed by atoms with Crippen LogP contribution in [0.25, 0.3) is 11.3 Å². The zero-order chi connectivity index (χ0) is 16.1. The summed E-state index contributed by atoms with van der Waals surface area (Å²) in [5.41, 5.74) is 1.88. The van der Waals surface area contributed by atoms with Crippen LogP contribution in [0, 0.1) is 0 Å². The number of anilines is 1. The van der Waals surface area contributed by atoms with Gasteiger partial charge in [-0.3, -0.25) is 4.79 Å². The second kappa shape index (κ2) is 9.48. The zero-order valence-electron chi connectivity index (χ0n) is 13.0. The van der Waals surface area contributed by atoms with Gasteiger partial charge < -0.3 is 15.4 Å². The molecular weight excluding hydrogens is 414 g/mol. The third-order valence-corrected chi connectivity index (χ3v) is 4.80. The van der Waals surface area contributed by atoms with Gasteiger partial charge in [-0.25, -0.2) is 4.98 Å². The van der Waals surface area contributed by atoms with Crippen LogP contribution < -0.4 is 10.6 Å². The first-order valence-corrected chi connectivity index (χ1v) is 9.21. The Labute approximate surface area is 159 Å². The molecule has 2 N–H and O–H groups in total. The maximum absolute atomic E-state index is 11.9. The van der Waals surface area contributed by atoms with E-state index < -0.39 is 0 Å². The molecular formula is C16H19BrClN3O2S. The smallest absolute Gasteiger partial charge is 0.240 e. The van der Waals surface area contributed by atoms with Crippen LogP contribution in [0.4, 0.5) is 5.13 Å². The first kappa shape index (κ1) is 19.3. The number of halogens is 2. The van der Waals surface area contributed by atoms with Crippen LogP contribution in [0.1, 0.15) is 12.8 Å². The van der Waals surface area contributed by atoms with Crippen molar-refractivity contribution in [2.75, 3.05) is 25.0 Å². The van der Waals surface area contributed by atoms with E-state index in [9.17, 15) is 4.79 Å². The van der Waals surface area contributed by atoms with E-state index in [0.29, 0.717) is 11.7 Å². The monoisotopic (exact) mass is 431 g/mol. The molecule has 2 aromatic rings. The number of ether oxygens (including phenoxy) is 1. The van der Waals surface area contributed by atoms with Crippen LogP contribution in [0.3, 0.4) is 0 Å². The highest BCUT2D eigenvalue weighted by Gasteiger charge is 2.15. The number of rotatable bonds is 6. The minimum Gasteiger partial charge on any atom is -0.377 e. The van der Waals surface area contributed by atoms with E-state index >= 15 is 0 Å². The number of benzene rings is 1. The summed E-state index contributed by atoms with van der Waals surface area (Å²) in [5, 5.41) is 8.51. The van der Waals surface area contributed by atoms with Crippen molar-refractivity contribution in [3.8, 4) is 11.3 Å². The summed E-state index contributed by atoms with van der Waals surface area (Å²) in [4.78, 5) is 16.4. The van der Waals surface area contributed by atoms with Gasteiger partial charge in [-0.15, -0.1) is 23.7 Å². The predicted molar refractivity (Wildman–Crippen MR) is 103 cm³/mol. The summed E-state index contributed by atoms with van der Waals surface area (Å²) in [5.74, 6) is -0.0851. The third-order valence-electron chi connectivity index (χ3n) is 3.55. The van der Waals surface area contributed by atoms with Crippen molar-refractivity contribution in [1.82, 2.24) is 10.3 Å². The van der Waals surface area contributed by atoms with E-state index in [4.69, 9.17) is 4.74 Å². The quantitative estimate of drug-likeness (QED) is 0.730. The number of carbonyl (C=O) groups excluding carboxylic acids is 1. The standard InChI is InChI=1S/C16H18BrN3O2S.ClH/c17-12-4-1-3-11(7-12)14-10-23-16(19-14)20-15(21)9-18-8-13-5-2-6-22-13;/h1,3-4,7,10,13,18H,2,5-6,8-9H2,(H,19,20,21);1H. The number of amides is 1. The molecule has 130 valence electrons. The van der Waals surface area contributed by atoms with Gasteiger partial charge in [0.05, 0.1) is 18.3 Å². The van der Waals surface area contributed by atoms with Crippen molar-refractivity contribution >= 4 is 50.7 Å². The Balaban J connectivity index is 0.00000208. The second-order valence-electron chi connectivity index (χ2n) is 5.36. The molecule has 24 heavy (non-hydrogen) atoms. The Kier molecular flexibility index (Phi) is 7.64. The molecule has 1 unspecified atom stereocenters. The second-order valence-corrected chi connectivity index (χ2v) is 7.14. The Bertz CT molecular complexity index is 677. The molecule has 1 saturated heterocycles. The summed E-state index contributed by atoms with van der Waals surface area (Å²) < 4.78 is 6.51. The van der Waals surface area contributed by atoms with Gasteiger partial charge in [0.25, 0.3) is 0 Å². The molecule has 2 heterocycles. The van der Waals surface area contributed by atoms with Gasteiger partial charge >= 0.3 is 0 Å². The average Bonchev–Trinajstić information content (AvgIpc) is 3.19. The number of hydrogen-bond donors (Lipinski definition) is 2. The minimum absolute atomic E-state index is 0. The van der Waals surface area contributed by atoms with E-state index in [1.165, 1.54) is 11.3 Å². The van der Waals surface area contributed by atoms with Gasteiger partial charge in [0.1, 0.15) is 0 Å². The van der Waals surface area contributed by atoms with Crippen molar-refractivity contribution < 1.29 is 9.53 Å². The lowest BCUT2D eigenvalue weighted by molar-refractivity contribution is -0.115. The minimum atomic E-state index is -0.0851. The Morgan fingerprint density at radius 1 is 1.46 bits per heavy atom. The van der Waals surface area contributed by atoms with E-state index in [1.54, 1.807) is 0 Å². The average molecular weight is 433 g/mol. The fourth-order valence-electron chi connectivity index (χ4n) is 2.43. The molecule has 1 fully saturated rings. The number of carbonyl (C=O) groups is 1. The van der Waals surface area contributed by atoms with Crippen LogP contribution >= 0.6 is 39.7 Å². The van der Waals surface area contributed by atoms with Gasteiger partial charge in [0.2, 0.25) is 5.91 Å². The molecule has 8 heteroatoms. The maximum atomic E-state index is 11.9. The fraction of sp³-hybridized carbons (Fsp3) is 0.375. The number of hydrogen-bond acceptors (Lipinski definition) is 5. The van der Waals surface area contributed by atoms with Crippen LogP contribution in [-0.2, 0) is 9.53 Å². The molecule has 0 radical (unpaired) electrons. The lowest BCUT2D eigenvalue weighted by Gasteiger charge is -2.10. The molecule has 1 aliphatic rings. The van der Waals surface area contributed by atoms with Gasteiger partial charge in [0.15, 0.2) is 5.13 Å². The van der Waals surface area contributed by atoms with Crippen molar-refractivity contribution in [3.63, 3.8) is 0 Å². The number of nitrogens with one attached hydrogen (secondary N) is 2. The third kappa shape index (κ3) is 5.53. The molecule has 0 bridgehead atoms. The van der Waals surface area contributed by atoms with Gasteiger partial charge in [0, 0.05) is 28.6 Å². The van der Waals surface area contributed by atoms with E-state index in [1.807, 2.05) is 29.6 Å². The summed E-state index contributed by atoms with van der Waals surface area (Å²) in [7, 11) is 0. The summed E-state index contributed by atoms with van der Waals surface area (Å²) in [6.45, 7) is 1.82. The summed E-state index contributed by atoms with van der Waals surface area (Å²) in [6.07, 6.45) is 2.42. The Morgan fingerprint density at radius 2 is 2.33 bits per heavy atom. The van der Waals surface area contributed by atoms with Crippen LogP contribution in [0.15, 0.2) is 34.1 Å². The van der Waals surface area contributed by atoms with E-state index in [2.05, 4.69) is 31.5 Å². The van der Waals surface area contributed by atoms with Crippen molar-refractivity contribution in [2.45, 2.75) is 18.9 Å². The summed E-state index contributed by atoms with van der Waals surface area (Å²) in [6, 6.07) is 7.93. The van der Waals surface area contributed by atoms with Gasteiger partial charge in [-0.2, -0.15) is 0 Å². The lowest BCUT2D eigenvalue weighted by Crippen LogP contribution is -2.33. The molecule has 1 atom stereocenters. The Morgan fingerprint density at radius 3 is 3.08 bits per heavy atom. The van der Waals surface area contributed by atoms with Crippen molar-refractivity contribution in [1.29, 1.82) is 0 Å². The first-order valence-electron chi connectivity index (χ1n) is 7.54. The predicted octanol–water partition coefficient (Wildman–Crippen LogP) is 3.70. The highest BCUT2D eigenvalue weighted by molar-refractivity contribution is 9.10. The van der Waals surface area contributed by atoms with Crippen molar-refractivity contribution in [3.05, 3.63) is 34.1 Å².